The van der Waals surface area contributed by atoms with E-state index in [1.54, 1.807) is 20.3 Å². The Morgan fingerprint density at radius 1 is 1.67 bits per heavy atom. The fourth-order valence-corrected chi connectivity index (χ4v) is 1.10. The van der Waals surface area contributed by atoms with Gasteiger partial charge in [0.1, 0.15) is 5.76 Å². The molecule has 0 fully saturated rings. The van der Waals surface area contributed by atoms with E-state index < -0.39 is 0 Å². The van der Waals surface area contributed by atoms with Crippen LogP contribution in [0.3, 0.4) is 0 Å². The van der Waals surface area contributed by atoms with E-state index >= 15 is 0 Å². The van der Waals surface area contributed by atoms with E-state index in [2.05, 4.69) is 0 Å². The lowest BCUT2D eigenvalue weighted by Gasteiger charge is -2.03. The van der Waals surface area contributed by atoms with Gasteiger partial charge in [-0.05, 0) is 13.0 Å². The van der Waals surface area contributed by atoms with E-state index in [0.29, 0.717) is 13.0 Å². The van der Waals surface area contributed by atoms with Gasteiger partial charge in [0.2, 0.25) is 0 Å². The molecule has 0 bridgehead atoms. The summed E-state index contributed by atoms with van der Waals surface area (Å²) in [4.78, 5) is 0. The summed E-state index contributed by atoms with van der Waals surface area (Å²) in [7, 11) is 1.64. The van der Waals surface area contributed by atoms with Crippen molar-refractivity contribution >= 4 is 0 Å². The van der Waals surface area contributed by atoms with E-state index in [1.807, 2.05) is 6.07 Å². The van der Waals surface area contributed by atoms with Crippen LogP contribution in [0.25, 0.3) is 0 Å². The van der Waals surface area contributed by atoms with Gasteiger partial charge in [-0.1, -0.05) is 0 Å². The lowest BCUT2D eigenvalue weighted by molar-refractivity contribution is 0.173. The molecule has 0 aromatic carbocycles. The fraction of sp³-hybridized carbons (Fsp3) is 0.556. The van der Waals surface area contributed by atoms with Gasteiger partial charge in [-0.25, -0.2) is 0 Å². The van der Waals surface area contributed by atoms with E-state index in [4.69, 9.17) is 14.3 Å². The van der Waals surface area contributed by atoms with Crippen molar-refractivity contribution in [2.75, 3.05) is 7.11 Å². The Balaban J connectivity index is 2.63. The van der Waals surface area contributed by atoms with Crippen molar-refractivity contribution in [2.24, 2.45) is 0 Å². The summed E-state index contributed by atoms with van der Waals surface area (Å²) in [6.07, 6.45) is 1.80. The molecule has 1 atom stereocenters. The molecule has 0 aliphatic carbocycles. The van der Waals surface area contributed by atoms with Crippen molar-refractivity contribution in [3.05, 3.63) is 23.7 Å². The topological polar surface area (TPSA) is 42.6 Å². The number of aliphatic hydroxyl groups is 1. The second-order valence-electron chi connectivity index (χ2n) is 2.86. The summed E-state index contributed by atoms with van der Waals surface area (Å²) in [6, 6.07) is 1.86. The molecular weight excluding hydrogens is 156 g/mol. The second kappa shape index (κ2) is 4.28. The number of hydrogen-bond acceptors (Lipinski definition) is 3. The Hall–Kier alpha value is -0.800. The van der Waals surface area contributed by atoms with Crippen LogP contribution in [0.4, 0.5) is 0 Å². The van der Waals surface area contributed by atoms with E-state index in [0.717, 1.165) is 11.3 Å². The van der Waals surface area contributed by atoms with Gasteiger partial charge in [-0.15, -0.1) is 0 Å². The third-order valence-corrected chi connectivity index (χ3v) is 1.62. The fourth-order valence-electron chi connectivity index (χ4n) is 1.10. The average Bonchev–Trinajstić information content (AvgIpc) is 2.37. The highest BCUT2D eigenvalue weighted by molar-refractivity contribution is 5.16. The molecule has 1 heterocycles. The zero-order chi connectivity index (χ0) is 8.97. The van der Waals surface area contributed by atoms with Crippen LogP contribution >= 0.6 is 0 Å². The monoisotopic (exact) mass is 170 g/mol. The van der Waals surface area contributed by atoms with Gasteiger partial charge in [-0.3, -0.25) is 0 Å². The summed E-state index contributed by atoms with van der Waals surface area (Å²) in [5.74, 6) is 0.812. The Morgan fingerprint density at radius 3 is 3.00 bits per heavy atom. The van der Waals surface area contributed by atoms with Crippen LogP contribution in [-0.4, -0.2) is 18.3 Å². The SMILES string of the molecule is COCc1ccoc1C[C@H](C)O. The molecule has 3 nitrogen and oxygen atoms in total. The molecule has 1 aromatic heterocycles. The first-order valence-corrected chi connectivity index (χ1v) is 3.96. The minimum Gasteiger partial charge on any atom is -0.469 e. The predicted molar refractivity (Wildman–Crippen MR) is 44.8 cm³/mol. The van der Waals surface area contributed by atoms with Crippen molar-refractivity contribution < 1.29 is 14.3 Å². The molecule has 12 heavy (non-hydrogen) atoms. The predicted octanol–water partition coefficient (Wildman–Crippen LogP) is 1.35. The molecule has 0 amide bonds. The van der Waals surface area contributed by atoms with E-state index in [9.17, 15) is 0 Å². The third-order valence-electron chi connectivity index (χ3n) is 1.62. The van der Waals surface area contributed by atoms with Gasteiger partial charge >= 0.3 is 0 Å². The van der Waals surface area contributed by atoms with Crippen molar-refractivity contribution in [3.8, 4) is 0 Å². The molecule has 1 rings (SSSR count). The highest BCUT2D eigenvalue weighted by Gasteiger charge is 2.08. The number of rotatable bonds is 4. The summed E-state index contributed by atoms with van der Waals surface area (Å²) in [5.41, 5.74) is 1.01. The first kappa shape index (κ1) is 9.29. The summed E-state index contributed by atoms with van der Waals surface area (Å²) in [6.45, 7) is 2.28. The van der Waals surface area contributed by atoms with Gasteiger partial charge in [-0.2, -0.15) is 0 Å². The summed E-state index contributed by atoms with van der Waals surface area (Å²) >= 11 is 0. The summed E-state index contributed by atoms with van der Waals surface area (Å²) in [5, 5.41) is 9.12. The minimum absolute atomic E-state index is 0.369. The van der Waals surface area contributed by atoms with Crippen molar-refractivity contribution in [1.82, 2.24) is 0 Å². The van der Waals surface area contributed by atoms with Crippen molar-refractivity contribution in [1.29, 1.82) is 0 Å². The normalized spacial score (nSPS) is 13.2. The molecule has 0 aliphatic rings. The first-order chi connectivity index (χ1) is 5.74. The smallest absolute Gasteiger partial charge is 0.111 e. The zero-order valence-electron chi connectivity index (χ0n) is 7.41. The van der Waals surface area contributed by atoms with Gasteiger partial charge in [0.15, 0.2) is 0 Å². The molecule has 0 saturated carbocycles. The van der Waals surface area contributed by atoms with Crippen LogP contribution in [-0.2, 0) is 17.8 Å². The lowest BCUT2D eigenvalue weighted by Crippen LogP contribution is -2.05. The van der Waals surface area contributed by atoms with Crippen molar-refractivity contribution in [2.45, 2.75) is 26.1 Å². The maximum Gasteiger partial charge on any atom is 0.111 e. The number of hydrogen-bond donors (Lipinski definition) is 1. The Labute approximate surface area is 72.0 Å². The van der Waals surface area contributed by atoms with Gasteiger partial charge in [0, 0.05) is 19.1 Å². The van der Waals surface area contributed by atoms with Gasteiger partial charge in [0.05, 0.1) is 19.0 Å². The van der Waals surface area contributed by atoms with Crippen LogP contribution in [0.2, 0.25) is 0 Å². The zero-order valence-corrected chi connectivity index (χ0v) is 7.41. The quantitative estimate of drug-likeness (QED) is 0.741. The molecule has 3 heteroatoms. The number of aliphatic hydroxyl groups excluding tert-OH is 1. The average molecular weight is 170 g/mol. The Bertz CT molecular complexity index is 227. The highest BCUT2D eigenvalue weighted by Crippen LogP contribution is 2.13. The third kappa shape index (κ3) is 2.36. The second-order valence-corrected chi connectivity index (χ2v) is 2.86. The minimum atomic E-state index is -0.369. The molecule has 0 spiro atoms. The van der Waals surface area contributed by atoms with Crippen LogP contribution in [0.15, 0.2) is 16.7 Å². The molecule has 1 N–H and O–H groups in total. The Morgan fingerprint density at radius 2 is 2.42 bits per heavy atom. The largest absolute Gasteiger partial charge is 0.469 e. The molecular formula is C9H14O3. The first-order valence-electron chi connectivity index (χ1n) is 3.96. The van der Waals surface area contributed by atoms with Crippen LogP contribution in [0.5, 0.6) is 0 Å². The summed E-state index contributed by atoms with van der Waals surface area (Å²) < 4.78 is 10.2. The van der Waals surface area contributed by atoms with Gasteiger partial charge < -0.3 is 14.3 Å². The van der Waals surface area contributed by atoms with Crippen LogP contribution in [0, 0.1) is 0 Å². The highest BCUT2D eigenvalue weighted by atomic mass is 16.5. The van der Waals surface area contributed by atoms with Crippen molar-refractivity contribution in [3.63, 3.8) is 0 Å². The maximum atomic E-state index is 9.12. The maximum absolute atomic E-state index is 9.12. The standard InChI is InChI=1S/C9H14O3/c1-7(10)5-9-8(6-11-2)3-4-12-9/h3-4,7,10H,5-6H2,1-2H3/t7-/m0/s1. The van der Waals surface area contributed by atoms with Crippen LogP contribution < -0.4 is 0 Å². The number of furan rings is 1. The molecule has 0 saturated heterocycles. The molecule has 1 aromatic rings. The van der Waals surface area contributed by atoms with Crippen LogP contribution in [0.1, 0.15) is 18.2 Å². The lowest BCUT2D eigenvalue weighted by atomic mass is 10.1. The number of ether oxygens (including phenoxy) is 1. The molecule has 0 radical (unpaired) electrons. The van der Waals surface area contributed by atoms with Gasteiger partial charge in [0.25, 0.3) is 0 Å². The molecule has 0 aliphatic heterocycles. The Kier molecular flexibility index (Phi) is 3.31. The molecule has 0 unspecified atom stereocenters. The van der Waals surface area contributed by atoms with E-state index in [1.165, 1.54) is 0 Å². The number of methoxy groups -OCH3 is 1. The molecule has 68 valence electrons. The van der Waals surface area contributed by atoms with E-state index in [-0.39, 0.29) is 6.10 Å².